The first-order valence-corrected chi connectivity index (χ1v) is 6.45. The number of hydrogen-bond acceptors (Lipinski definition) is 1. The van der Waals surface area contributed by atoms with E-state index in [1.54, 1.807) is 12.1 Å². The zero-order chi connectivity index (χ0) is 13.4. The van der Waals surface area contributed by atoms with E-state index in [9.17, 15) is 4.39 Å². The first kappa shape index (κ1) is 18.1. The lowest BCUT2D eigenvalue weighted by molar-refractivity contribution is 0.606. The number of hydrogen-bond donors (Lipinski definition) is 2. The van der Waals surface area contributed by atoms with Crippen molar-refractivity contribution in [1.82, 2.24) is 10.6 Å². The molecule has 0 spiro atoms. The monoisotopic (exact) mass is 379 g/mol. The number of benzene rings is 1. The van der Waals surface area contributed by atoms with Gasteiger partial charge in [0.2, 0.25) is 0 Å². The molecule has 0 radical (unpaired) electrons. The van der Waals surface area contributed by atoms with Crippen LogP contribution < -0.4 is 10.6 Å². The van der Waals surface area contributed by atoms with Gasteiger partial charge in [-0.15, -0.1) is 24.0 Å². The highest BCUT2D eigenvalue weighted by atomic mass is 127. The van der Waals surface area contributed by atoms with Crippen molar-refractivity contribution in [2.45, 2.75) is 39.8 Å². The third-order valence-corrected chi connectivity index (χ3v) is 2.71. The minimum Gasteiger partial charge on any atom is -0.357 e. The molecule has 0 saturated carbocycles. The van der Waals surface area contributed by atoms with Crippen molar-refractivity contribution in [1.29, 1.82) is 0 Å². The molecular formula is C14H23FIN3. The van der Waals surface area contributed by atoms with Crippen molar-refractivity contribution in [3.05, 3.63) is 35.6 Å². The summed E-state index contributed by atoms with van der Waals surface area (Å²) >= 11 is 0. The van der Waals surface area contributed by atoms with E-state index in [1.165, 1.54) is 6.07 Å². The quantitative estimate of drug-likeness (QED) is 0.468. The fraction of sp³-hybridized carbons (Fsp3) is 0.500. The summed E-state index contributed by atoms with van der Waals surface area (Å²) in [6.45, 7) is 7.35. The molecule has 0 aliphatic carbocycles. The second kappa shape index (κ2) is 10.00. The molecular weight excluding hydrogens is 356 g/mol. The van der Waals surface area contributed by atoms with E-state index >= 15 is 0 Å². The lowest BCUT2D eigenvalue weighted by Gasteiger charge is -2.16. The number of halogens is 2. The lowest BCUT2D eigenvalue weighted by Crippen LogP contribution is -2.41. The summed E-state index contributed by atoms with van der Waals surface area (Å²) in [5.74, 6) is 0.524. The van der Waals surface area contributed by atoms with Crippen LogP contribution in [-0.4, -0.2) is 18.5 Å². The minimum absolute atomic E-state index is 0. The van der Waals surface area contributed by atoms with Crippen LogP contribution in [0.5, 0.6) is 0 Å². The molecule has 1 rings (SSSR count). The maximum atomic E-state index is 13.4. The molecule has 0 fully saturated rings. The molecule has 19 heavy (non-hydrogen) atoms. The Bertz CT molecular complexity index is 396. The molecule has 0 heterocycles. The molecule has 1 atom stereocenters. The van der Waals surface area contributed by atoms with Crippen LogP contribution in [-0.2, 0) is 6.54 Å². The summed E-state index contributed by atoms with van der Waals surface area (Å²) in [5.41, 5.74) is 0.610. The molecule has 5 heteroatoms. The van der Waals surface area contributed by atoms with Gasteiger partial charge in [0.05, 0.1) is 6.54 Å². The van der Waals surface area contributed by atoms with Crippen molar-refractivity contribution in [2.24, 2.45) is 4.99 Å². The molecule has 1 unspecified atom stereocenters. The van der Waals surface area contributed by atoms with Crippen LogP contribution in [0.1, 0.15) is 32.8 Å². The number of rotatable bonds is 5. The highest BCUT2D eigenvalue weighted by molar-refractivity contribution is 14.0. The number of nitrogens with zero attached hydrogens (tertiary/aromatic N) is 1. The van der Waals surface area contributed by atoms with Crippen molar-refractivity contribution in [3.63, 3.8) is 0 Å². The second-order valence-electron chi connectivity index (χ2n) is 4.24. The molecule has 0 saturated heterocycles. The predicted octanol–water partition coefficient (Wildman–Crippen LogP) is 3.30. The fourth-order valence-corrected chi connectivity index (χ4v) is 1.45. The Morgan fingerprint density at radius 3 is 2.58 bits per heavy atom. The summed E-state index contributed by atoms with van der Waals surface area (Å²) in [6, 6.07) is 7.07. The van der Waals surface area contributed by atoms with Gasteiger partial charge in [-0.05, 0) is 26.3 Å². The fourth-order valence-electron chi connectivity index (χ4n) is 1.45. The lowest BCUT2D eigenvalue weighted by atomic mass is 10.2. The summed E-state index contributed by atoms with van der Waals surface area (Å²) in [4.78, 5) is 4.39. The van der Waals surface area contributed by atoms with Crippen LogP contribution in [0.3, 0.4) is 0 Å². The number of nitrogens with one attached hydrogen (secondary N) is 2. The van der Waals surface area contributed by atoms with Gasteiger partial charge in [-0.3, -0.25) is 0 Å². The van der Waals surface area contributed by atoms with Crippen LogP contribution in [0.2, 0.25) is 0 Å². The molecule has 2 N–H and O–H groups in total. The molecule has 0 aliphatic heterocycles. The van der Waals surface area contributed by atoms with Gasteiger partial charge in [0, 0.05) is 18.2 Å². The van der Waals surface area contributed by atoms with Crippen LogP contribution in [0.15, 0.2) is 29.3 Å². The van der Waals surface area contributed by atoms with Gasteiger partial charge in [0.15, 0.2) is 5.96 Å². The minimum atomic E-state index is -0.208. The molecule has 1 aromatic carbocycles. The second-order valence-corrected chi connectivity index (χ2v) is 4.24. The average molecular weight is 379 g/mol. The van der Waals surface area contributed by atoms with Crippen LogP contribution in [0.25, 0.3) is 0 Å². The number of aliphatic imine (C=N–C) groups is 1. The maximum Gasteiger partial charge on any atom is 0.191 e. The van der Waals surface area contributed by atoms with E-state index in [0.29, 0.717) is 18.2 Å². The van der Waals surface area contributed by atoms with E-state index < -0.39 is 0 Å². The molecule has 0 amide bonds. The normalized spacial score (nSPS) is 12.5. The average Bonchev–Trinajstić information content (AvgIpc) is 2.37. The zero-order valence-electron chi connectivity index (χ0n) is 11.7. The van der Waals surface area contributed by atoms with E-state index in [2.05, 4.69) is 29.5 Å². The Hall–Kier alpha value is -0.850. The van der Waals surface area contributed by atoms with Crippen LogP contribution in [0, 0.1) is 5.82 Å². The maximum absolute atomic E-state index is 13.4. The molecule has 0 aromatic heterocycles. The molecule has 1 aromatic rings. The standard InChI is InChI=1S/C14H22FN3.HI/c1-4-11(3)18-14(16-5-2)17-10-12-8-6-7-9-13(12)15;/h6-9,11H,4-5,10H2,1-3H3,(H2,16,17,18);1H. The Kier molecular flexibility index (Phi) is 9.55. The molecule has 0 bridgehead atoms. The third kappa shape index (κ3) is 6.75. The van der Waals surface area contributed by atoms with Gasteiger partial charge < -0.3 is 10.6 Å². The highest BCUT2D eigenvalue weighted by Gasteiger charge is 2.03. The third-order valence-electron chi connectivity index (χ3n) is 2.71. The van der Waals surface area contributed by atoms with Crippen molar-refractivity contribution < 1.29 is 4.39 Å². The van der Waals surface area contributed by atoms with Gasteiger partial charge in [-0.1, -0.05) is 25.1 Å². The summed E-state index contributed by atoms with van der Waals surface area (Å²) in [7, 11) is 0. The van der Waals surface area contributed by atoms with Crippen molar-refractivity contribution in [2.75, 3.05) is 6.54 Å². The van der Waals surface area contributed by atoms with Crippen molar-refractivity contribution >= 4 is 29.9 Å². The van der Waals surface area contributed by atoms with Gasteiger partial charge in [0.25, 0.3) is 0 Å². The van der Waals surface area contributed by atoms with E-state index in [4.69, 9.17) is 0 Å². The predicted molar refractivity (Wildman–Crippen MR) is 89.5 cm³/mol. The van der Waals surface area contributed by atoms with E-state index in [0.717, 1.165) is 18.9 Å². The largest absolute Gasteiger partial charge is 0.357 e. The van der Waals surface area contributed by atoms with Crippen LogP contribution in [0.4, 0.5) is 4.39 Å². The topological polar surface area (TPSA) is 36.4 Å². The Morgan fingerprint density at radius 1 is 1.32 bits per heavy atom. The summed E-state index contributed by atoms with van der Waals surface area (Å²) < 4.78 is 13.4. The first-order chi connectivity index (χ1) is 8.67. The van der Waals surface area contributed by atoms with E-state index in [-0.39, 0.29) is 29.8 Å². The number of guanidine groups is 1. The van der Waals surface area contributed by atoms with Crippen LogP contribution >= 0.6 is 24.0 Å². The van der Waals surface area contributed by atoms with Gasteiger partial charge in [-0.2, -0.15) is 0 Å². The molecule has 0 aliphatic rings. The molecule has 3 nitrogen and oxygen atoms in total. The van der Waals surface area contributed by atoms with E-state index in [1.807, 2.05) is 13.0 Å². The SMILES string of the molecule is CCNC(=NCc1ccccc1F)NC(C)CC.I. The van der Waals surface area contributed by atoms with Gasteiger partial charge >= 0.3 is 0 Å². The first-order valence-electron chi connectivity index (χ1n) is 6.45. The summed E-state index contributed by atoms with van der Waals surface area (Å²) in [6.07, 6.45) is 1.02. The summed E-state index contributed by atoms with van der Waals surface area (Å²) in [5, 5.41) is 6.43. The Labute approximate surface area is 132 Å². The highest BCUT2D eigenvalue weighted by Crippen LogP contribution is 2.07. The molecule has 108 valence electrons. The Morgan fingerprint density at radius 2 is 2.00 bits per heavy atom. The Balaban J connectivity index is 0.00000324. The zero-order valence-corrected chi connectivity index (χ0v) is 14.1. The van der Waals surface area contributed by atoms with Gasteiger partial charge in [0.1, 0.15) is 5.82 Å². The van der Waals surface area contributed by atoms with Gasteiger partial charge in [-0.25, -0.2) is 9.38 Å². The van der Waals surface area contributed by atoms with Crippen molar-refractivity contribution in [3.8, 4) is 0 Å². The smallest absolute Gasteiger partial charge is 0.191 e.